The van der Waals surface area contributed by atoms with Crippen molar-refractivity contribution in [3.8, 4) is 11.1 Å². The molecule has 1 saturated heterocycles. The van der Waals surface area contributed by atoms with E-state index in [1.165, 1.54) is 11.1 Å². The first-order valence-electron chi connectivity index (χ1n) is 8.10. The van der Waals surface area contributed by atoms with E-state index in [0.29, 0.717) is 0 Å². The Hall–Kier alpha value is -1.39. The number of nitrogens with zero attached hydrogens (tertiary/aromatic N) is 1. The minimum Gasteiger partial charge on any atom is -0.314 e. The van der Waals surface area contributed by atoms with E-state index in [-0.39, 0.29) is 6.04 Å². The van der Waals surface area contributed by atoms with Gasteiger partial charge in [-0.05, 0) is 42.2 Å². The van der Waals surface area contributed by atoms with Crippen LogP contribution in [0.25, 0.3) is 11.1 Å². The largest absolute Gasteiger partial charge is 0.314 e. The van der Waals surface area contributed by atoms with Gasteiger partial charge in [-0.15, -0.1) is 0 Å². The van der Waals surface area contributed by atoms with Gasteiger partial charge in [-0.1, -0.05) is 48.0 Å². The molecule has 1 aliphatic heterocycles. The van der Waals surface area contributed by atoms with Crippen molar-refractivity contribution in [1.82, 2.24) is 10.2 Å². The first-order chi connectivity index (χ1) is 11.1. The average Bonchev–Trinajstić information content (AvgIpc) is 2.57. The molecular formula is C19H22ClN2O. The van der Waals surface area contributed by atoms with Gasteiger partial charge < -0.3 is 5.32 Å². The second-order valence-electron chi connectivity index (χ2n) is 6.10. The molecule has 2 atom stereocenters. The van der Waals surface area contributed by atoms with Gasteiger partial charge in [-0.25, -0.2) is 5.11 Å². The third-order valence-corrected chi connectivity index (χ3v) is 4.72. The standard InChI is InChI=1S/C19H22ClN2O/c1-14(23)22-11-10-21-13-19(22)12-15-2-4-16(5-3-15)17-6-8-18(20)9-7-17/h2-9,14,19,21H,10-13H2,1H3. The smallest absolute Gasteiger partial charge is 0.143 e. The fraction of sp³-hybridized carbons (Fsp3) is 0.368. The van der Waals surface area contributed by atoms with Crippen molar-refractivity contribution >= 4 is 11.6 Å². The molecule has 0 aromatic heterocycles. The zero-order valence-electron chi connectivity index (χ0n) is 13.3. The molecule has 1 N–H and O–H groups in total. The van der Waals surface area contributed by atoms with Crippen LogP contribution < -0.4 is 5.32 Å². The summed E-state index contributed by atoms with van der Waals surface area (Å²) in [6, 6.07) is 16.8. The van der Waals surface area contributed by atoms with Gasteiger partial charge >= 0.3 is 0 Å². The summed E-state index contributed by atoms with van der Waals surface area (Å²) < 4.78 is 0. The molecule has 121 valence electrons. The van der Waals surface area contributed by atoms with Crippen molar-refractivity contribution < 1.29 is 5.11 Å². The number of halogens is 1. The Bertz CT molecular complexity index is 625. The van der Waals surface area contributed by atoms with Gasteiger partial charge in [-0.2, -0.15) is 0 Å². The third kappa shape index (κ3) is 4.12. The molecular weight excluding hydrogens is 308 g/mol. The number of hydrogen-bond acceptors (Lipinski definition) is 2. The highest BCUT2D eigenvalue weighted by molar-refractivity contribution is 6.30. The molecule has 1 heterocycles. The van der Waals surface area contributed by atoms with Crippen LogP contribution >= 0.6 is 11.6 Å². The maximum atomic E-state index is 11.8. The van der Waals surface area contributed by atoms with Crippen molar-refractivity contribution in [3.05, 3.63) is 59.1 Å². The second kappa shape index (κ2) is 7.45. The van der Waals surface area contributed by atoms with Gasteiger partial charge in [0.15, 0.2) is 0 Å². The van der Waals surface area contributed by atoms with Crippen LogP contribution in [0.4, 0.5) is 0 Å². The van der Waals surface area contributed by atoms with Gasteiger partial charge in [-0.3, -0.25) is 4.90 Å². The normalized spacial score (nSPS) is 20.4. The molecule has 0 bridgehead atoms. The van der Waals surface area contributed by atoms with E-state index in [1.807, 2.05) is 24.3 Å². The highest BCUT2D eigenvalue weighted by Gasteiger charge is 2.26. The summed E-state index contributed by atoms with van der Waals surface area (Å²) in [6.07, 6.45) is 0.260. The Balaban J connectivity index is 1.70. The SMILES string of the molecule is CC([O])N1CCNCC1Cc1ccc(-c2ccc(Cl)cc2)cc1. The maximum absolute atomic E-state index is 11.8. The molecule has 1 fully saturated rings. The Morgan fingerprint density at radius 3 is 2.35 bits per heavy atom. The van der Waals surface area contributed by atoms with Crippen molar-refractivity contribution in [2.45, 2.75) is 25.6 Å². The summed E-state index contributed by atoms with van der Waals surface area (Å²) in [7, 11) is 0. The predicted molar refractivity (Wildman–Crippen MR) is 94.1 cm³/mol. The first-order valence-corrected chi connectivity index (χ1v) is 8.48. The van der Waals surface area contributed by atoms with Crippen molar-refractivity contribution in [3.63, 3.8) is 0 Å². The van der Waals surface area contributed by atoms with Crippen LogP contribution in [0.3, 0.4) is 0 Å². The summed E-state index contributed by atoms with van der Waals surface area (Å²) in [4.78, 5) is 2.06. The molecule has 0 saturated carbocycles. The molecule has 23 heavy (non-hydrogen) atoms. The monoisotopic (exact) mass is 329 g/mol. The van der Waals surface area contributed by atoms with E-state index in [2.05, 4.69) is 34.5 Å². The van der Waals surface area contributed by atoms with Crippen LogP contribution in [0.5, 0.6) is 0 Å². The van der Waals surface area contributed by atoms with Crippen molar-refractivity contribution in [2.75, 3.05) is 19.6 Å². The van der Waals surface area contributed by atoms with Gasteiger partial charge in [0, 0.05) is 30.7 Å². The molecule has 1 aliphatic rings. The number of benzene rings is 2. The van der Waals surface area contributed by atoms with Gasteiger partial charge in [0.25, 0.3) is 0 Å². The van der Waals surface area contributed by atoms with Crippen LogP contribution in [-0.2, 0) is 11.5 Å². The van der Waals surface area contributed by atoms with E-state index >= 15 is 0 Å². The molecule has 4 heteroatoms. The summed E-state index contributed by atoms with van der Waals surface area (Å²) >= 11 is 5.94. The molecule has 0 amide bonds. The molecule has 2 aromatic rings. The lowest BCUT2D eigenvalue weighted by atomic mass is 9.99. The average molecular weight is 330 g/mol. The van der Waals surface area contributed by atoms with Crippen molar-refractivity contribution in [2.24, 2.45) is 0 Å². The highest BCUT2D eigenvalue weighted by Crippen LogP contribution is 2.23. The van der Waals surface area contributed by atoms with Crippen LogP contribution in [0, 0.1) is 0 Å². The summed E-state index contributed by atoms with van der Waals surface area (Å²) in [5.74, 6) is 0. The van der Waals surface area contributed by atoms with Crippen LogP contribution in [0.1, 0.15) is 12.5 Å². The van der Waals surface area contributed by atoms with E-state index in [0.717, 1.165) is 36.6 Å². The highest BCUT2D eigenvalue weighted by atomic mass is 35.5. The minimum atomic E-state index is -0.643. The lowest BCUT2D eigenvalue weighted by Gasteiger charge is -2.37. The van der Waals surface area contributed by atoms with E-state index in [1.54, 1.807) is 6.92 Å². The summed E-state index contributed by atoms with van der Waals surface area (Å²) in [6.45, 7) is 4.35. The number of rotatable bonds is 4. The number of hydrogen-bond donors (Lipinski definition) is 1. The second-order valence-corrected chi connectivity index (χ2v) is 6.54. The molecule has 1 radical (unpaired) electrons. The van der Waals surface area contributed by atoms with E-state index in [4.69, 9.17) is 11.6 Å². The molecule has 0 spiro atoms. The van der Waals surface area contributed by atoms with Gasteiger partial charge in [0.05, 0.1) is 0 Å². The molecule has 3 rings (SSSR count). The third-order valence-electron chi connectivity index (χ3n) is 4.47. The van der Waals surface area contributed by atoms with Crippen LogP contribution in [-0.4, -0.2) is 36.8 Å². The topological polar surface area (TPSA) is 35.2 Å². The fourth-order valence-electron chi connectivity index (χ4n) is 3.19. The van der Waals surface area contributed by atoms with E-state index < -0.39 is 6.23 Å². The first kappa shape index (κ1) is 16.5. The van der Waals surface area contributed by atoms with Gasteiger partial charge in [0.2, 0.25) is 0 Å². The molecule has 3 nitrogen and oxygen atoms in total. The van der Waals surface area contributed by atoms with Crippen LogP contribution in [0.2, 0.25) is 5.02 Å². The lowest BCUT2D eigenvalue weighted by Crippen LogP contribution is -2.55. The zero-order valence-corrected chi connectivity index (χ0v) is 14.1. The fourth-order valence-corrected chi connectivity index (χ4v) is 3.32. The summed E-state index contributed by atoms with van der Waals surface area (Å²) in [5, 5.41) is 16.0. The molecule has 0 aliphatic carbocycles. The van der Waals surface area contributed by atoms with Crippen LogP contribution in [0.15, 0.2) is 48.5 Å². The van der Waals surface area contributed by atoms with E-state index in [9.17, 15) is 5.11 Å². The summed E-state index contributed by atoms with van der Waals surface area (Å²) in [5.41, 5.74) is 3.61. The molecule has 2 unspecified atom stereocenters. The Labute approximate surface area is 142 Å². The van der Waals surface area contributed by atoms with Gasteiger partial charge in [0.1, 0.15) is 6.23 Å². The van der Waals surface area contributed by atoms with Crippen molar-refractivity contribution in [1.29, 1.82) is 0 Å². The maximum Gasteiger partial charge on any atom is 0.143 e. The Morgan fingerprint density at radius 2 is 1.74 bits per heavy atom. The molecule has 2 aromatic carbocycles. The Morgan fingerprint density at radius 1 is 1.13 bits per heavy atom. The number of piperazine rings is 1. The number of nitrogens with one attached hydrogen (secondary N) is 1. The quantitative estimate of drug-likeness (QED) is 0.930. The predicted octanol–water partition coefficient (Wildman–Crippen LogP) is 3.60. The lowest BCUT2D eigenvalue weighted by molar-refractivity contribution is -0.0653. The zero-order chi connectivity index (χ0) is 16.2. The Kier molecular flexibility index (Phi) is 5.34. The minimum absolute atomic E-state index is 0.276.